The lowest BCUT2D eigenvalue weighted by molar-refractivity contribution is -0.138. The van der Waals surface area contributed by atoms with Crippen LogP contribution in [0.25, 0.3) is 10.9 Å². The van der Waals surface area contributed by atoms with Crippen LogP contribution in [0.1, 0.15) is 24.1 Å². The molecule has 0 saturated heterocycles. The van der Waals surface area contributed by atoms with Crippen molar-refractivity contribution >= 4 is 16.9 Å². The van der Waals surface area contributed by atoms with Crippen molar-refractivity contribution in [1.82, 2.24) is 4.98 Å². The minimum atomic E-state index is -0.972. The number of hydrogen-bond acceptors (Lipinski definition) is 3. The maximum Gasteiger partial charge on any atom is 0.320 e. The van der Waals surface area contributed by atoms with Crippen LogP contribution >= 0.6 is 0 Å². The molecule has 1 heterocycles. The van der Waals surface area contributed by atoms with Crippen LogP contribution in [-0.4, -0.2) is 22.1 Å². The molecule has 0 aliphatic rings. The molecule has 0 bridgehead atoms. The van der Waals surface area contributed by atoms with Gasteiger partial charge in [-0.15, -0.1) is 0 Å². The van der Waals surface area contributed by atoms with Gasteiger partial charge in [0.05, 0.1) is 0 Å². The Morgan fingerprint density at radius 3 is 2.29 bits per heavy atom. The van der Waals surface area contributed by atoms with E-state index in [2.05, 4.69) is 4.98 Å². The largest absolute Gasteiger partial charge is 0.480 e. The van der Waals surface area contributed by atoms with E-state index >= 15 is 0 Å². The van der Waals surface area contributed by atoms with E-state index in [-0.39, 0.29) is 6.04 Å². The molecule has 126 valence electrons. The summed E-state index contributed by atoms with van der Waals surface area (Å²) in [6.07, 6.45) is 2.16. The molecular formula is C19H23N3O2. The van der Waals surface area contributed by atoms with Crippen LogP contribution < -0.4 is 11.5 Å². The summed E-state index contributed by atoms with van der Waals surface area (Å²) in [6.45, 7) is 1.98. The van der Waals surface area contributed by atoms with Crippen LogP contribution in [0.3, 0.4) is 0 Å². The first-order valence-electron chi connectivity index (χ1n) is 7.83. The maximum atomic E-state index is 10.6. The molecule has 0 radical (unpaired) electrons. The molecular weight excluding hydrogens is 302 g/mol. The quantitative estimate of drug-likeness (QED) is 0.592. The summed E-state index contributed by atoms with van der Waals surface area (Å²) >= 11 is 0. The Balaban J connectivity index is 0.000000198. The summed E-state index contributed by atoms with van der Waals surface area (Å²) in [6, 6.07) is 17.1. The fourth-order valence-corrected chi connectivity index (χ4v) is 2.38. The molecule has 6 N–H and O–H groups in total. The first-order valence-corrected chi connectivity index (χ1v) is 7.83. The minimum absolute atomic E-state index is 0.159. The summed E-state index contributed by atoms with van der Waals surface area (Å²) in [7, 11) is 0. The van der Waals surface area contributed by atoms with Gasteiger partial charge in [0.15, 0.2) is 0 Å². The summed E-state index contributed by atoms with van der Waals surface area (Å²) in [5, 5.41) is 9.75. The fourth-order valence-electron chi connectivity index (χ4n) is 2.38. The Labute approximate surface area is 141 Å². The summed E-state index contributed by atoms with van der Waals surface area (Å²) < 4.78 is 0. The molecule has 0 spiro atoms. The Kier molecular flexibility index (Phi) is 6.12. The second kappa shape index (κ2) is 8.29. The van der Waals surface area contributed by atoms with Gasteiger partial charge in [-0.05, 0) is 24.1 Å². The molecule has 1 aromatic heterocycles. The molecule has 0 saturated carbocycles. The number of carbonyl (C=O) groups is 1. The van der Waals surface area contributed by atoms with Crippen LogP contribution in [0.2, 0.25) is 0 Å². The minimum Gasteiger partial charge on any atom is -0.480 e. The van der Waals surface area contributed by atoms with E-state index in [4.69, 9.17) is 16.6 Å². The highest BCUT2D eigenvalue weighted by molar-refractivity contribution is 5.84. The fraction of sp³-hybridized carbons (Fsp3) is 0.211. The standard InChI is InChI=1S/C11H12N2O2.C8H11N/c12-9(11(14)15)5-7-6-13-10-4-2-1-3-8(7)10;1-7(9)8-5-3-2-4-6-8/h1-4,6,9,13H,5,12H2,(H,14,15);2-7H,9H2,1H3. The van der Waals surface area contributed by atoms with Crippen molar-refractivity contribution in [1.29, 1.82) is 0 Å². The number of carboxylic acids is 1. The molecule has 0 amide bonds. The number of hydrogen-bond donors (Lipinski definition) is 4. The second-order valence-electron chi connectivity index (χ2n) is 5.71. The molecule has 0 aliphatic carbocycles. The number of H-pyrrole nitrogens is 1. The number of aliphatic carboxylic acids is 1. The van der Waals surface area contributed by atoms with Crippen molar-refractivity contribution in [2.75, 3.05) is 0 Å². The number of fused-ring (bicyclic) bond motifs is 1. The van der Waals surface area contributed by atoms with Gasteiger partial charge in [0.25, 0.3) is 0 Å². The van der Waals surface area contributed by atoms with Gasteiger partial charge in [-0.1, -0.05) is 48.5 Å². The zero-order valence-electron chi connectivity index (χ0n) is 13.6. The summed E-state index contributed by atoms with van der Waals surface area (Å²) in [4.78, 5) is 13.7. The molecule has 0 fully saturated rings. The van der Waals surface area contributed by atoms with Gasteiger partial charge in [-0.2, -0.15) is 0 Å². The van der Waals surface area contributed by atoms with Crippen LogP contribution in [0.4, 0.5) is 0 Å². The molecule has 3 rings (SSSR count). The number of aromatic amines is 1. The van der Waals surface area contributed by atoms with Crippen molar-refractivity contribution in [3.05, 3.63) is 71.9 Å². The molecule has 5 heteroatoms. The van der Waals surface area contributed by atoms with Crippen LogP contribution in [-0.2, 0) is 11.2 Å². The predicted molar refractivity (Wildman–Crippen MR) is 96.7 cm³/mol. The van der Waals surface area contributed by atoms with Gasteiger partial charge in [0.1, 0.15) is 6.04 Å². The topological polar surface area (TPSA) is 105 Å². The normalized spacial score (nSPS) is 13.0. The number of carboxylic acid groups (broad SMARTS) is 1. The summed E-state index contributed by atoms with van der Waals surface area (Å²) in [5.74, 6) is -0.972. The van der Waals surface area contributed by atoms with Gasteiger partial charge in [-0.3, -0.25) is 4.79 Å². The third-order valence-electron chi connectivity index (χ3n) is 3.76. The second-order valence-corrected chi connectivity index (χ2v) is 5.71. The zero-order valence-corrected chi connectivity index (χ0v) is 13.6. The number of rotatable bonds is 4. The lowest BCUT2D eigenvalue weighted by Crippen LogP contribution is -2.32. The number of nitrogens with two attached hydrogens (primary N) is 2. The Morgan fingerprint density at radius 1 is 1.08 bits per heavy atom. The highest BCUT2D eigenvalue weighted by atomic mass is 16.4. The number of para-hydroxylation sites is 1. The molecule has 5 nitrogen and oxygen atoms in total. The molecule has 0 aliphatic heterocycles. The Morgan fingerprint density at radius 2 is 1.71 bits per heavy atom. The lowest BCUT2D eigenvalue weighted by Gasteiger charge is -2.04. The zero-order chi connectivity index (χ0) is 17.5. The average Bonchev–Trinajstić information content (AvgIpc) is 2.99. The van der Waals surface area contributed by atoms with E-state index in [1.807, 2.05) is 67.7 Å². The van der Waals surface area contributed by atoms with Crippen molar-refractivity contribution in [3.63, 3.8) is 0 Å². The first-order chi connectivity index (χ1) is 11.5. The molecule has 2 aromatic carbocycles. The number of aromatic nitrogens is 1. The van der Waals surface area contributed by atoms with Crippen LogP contribution in [0.15, 0.2) is 60.8 Å². The van der Waals surface area contributed by atoms with Crippen LogP contribution in [0, 0.1) is 0 Å². The van der Waals surface area contributed by atoms with Crippen molar-refractivity contribution in [3.8, 4) is 0 Å². The van der Waals surface area contributed by atoms with E-state index in [1.165, 1.54) is 5.56 Å². The van der Waals surface area contributed by atoms with Crippen LogP contribution in [0.5, 0.6) is 0 Å². The molecule has 24 heavy (non-hydrogen) atoms. The van der Waals surface area contributed by atoms with Crippen molar-refractivity contribution < 1.29 is 9.90 Å². The summed E-state index contributed by atoms with van der Waals surface area (Å²) in [5.41, 5.74) is 14.2. The molecule has 2 atom stereocenters. The highest BCUT2D eigenvalue weighted by Gasteiger charge is 2.14. The third-order valence-corrected chi connectivity index (χ3v) is 3.76. The predicted octanol–water partition coefficient (Wildman–Crippen LogP) is 2.83. The van der Waals surface area contributed by atoms with Crippen molar-refractivity contribution in [2.24, 2.45) is 11.5 Å². The Bertz CT molecular complexity index is 781. The van der Waals surface area contributed by atoms with E-state index in [0.717, 1.165) is 16.5 Å². The SMILES string of the molecule is CC(N)c1ccccc1.NC(Cc1c[nH]c2ccccc12)C(=O)O. The van der Waals surface area contributed by atoms with Gasteiger partial charge >= 0.3 is 5.97 Å². The average molecular weight is 325 g/mol. The molecule has 3 aromatic rings. The smallest absolute Gasteiger partial charge is 0.320 e. The molecule has 2 unspecified atom stereocenters. The van der Waals surface area contributed by atoms with E-state index < -0.39 is 12.0 Å². The Hall–Kier alpha value is -2.63. The highest BCUT2D eigenvalue weighted by Crippen LogP contribution is 2.18. The van der Waals surface area contributed by atoms with Gasteiger partial charge in [0, 0.05) is 29.6 Å². The number of nitrogens with one attached hydrogen (secondary N) is 1. The maximum absolute atomic E-state index is 10.6. The lowest BCUT2D eigenvalue weighted by atomic mass is 10.1. The van der Waals surface area contributed by atoms with E-state index in [0.29, 0.717) is 6.42 Å². The van der Waals surface area contributed by atoms with Gasteiger partial charge < -0.3 is 21.6 Å². The van der Waals surface area contributed by atoms with E-state index in [9.17, 15) is 4.79 Å². The monoisotopic (exact) mass is 325 g/mol. The van der Waals surface area contributed by atoms with E-state index in [1.54, 1.807) is 0 Å². The third kappa shape index (κ3) is 4.68. The van der Waals surface area contributed by atoms with Gasteiger partial charge in [-0.25, -0.2) is 0 Å². The number of benzene rings is 2. The first kappa shape index (κ1) is 17.7. The van der Waals surface area contributed by atoms with Crippen molar-refractivity contribution in [2.45, 2.75) is 25.4 Å². The van der Waals surface area contributed by atoms with Gasteiger partial charge in [0.2, 0.25) is 0 Å².